The number of hydrogen-bond acceptors (Lipinski definition) is 4. The highest BCUT2D eigenvalue weighted by molar-refractivity contribution is 5.96. The molecule has 0 aliphatic heterocycles. The molecule has 0 aromatic carbocycles. The Morgan fingerprint density at radius 2 is 2.23 bits per heavy atom. The molecule has 70 valence electrons. The molecule has 4 nitrogen and oxygen atoms in total. The van der Waals surface area contributed by atoms with Crippen molar-refractivity contribution in [2.24, 2.45) is 0 Å². The van der Waals surface area contributed by atoms with E-state index in [1.54, 1.807) is 6.07 Å². The number of nitrogens with zero attached hydrogens (tertiary/aromatic N) is 2. The molecule has 0 saturated heterocycles. The Labute approximate surface area is 76.9 Å². The lowest BCUT2D eigenvalue weighted by Gasteiger charge is -2.04. The lowest BCUT2D eigenvalue weighted by molar-refractivity contribution is 0.101. The molecule has 0 saturated carbocycles. The summed E-state index contributed by atoms with van der Waals surface area (Å²) in [7, 11) is 1.47. The van der Waals surface area contributed by atoms with Crippen molar-refractivity contribution in [2.75, 3.05) is 7.11 Å². The van der Waals surface area contributed by atoms with Crippen LogP contribution in [0.3, 0.4) is 0 Å². The molecule has 0 radical (unpaired) electrons. The fourth-order valence-corrected chi connectivity index (χ4v) is 0.996. The first-order valence-electron chi connectivity index (χ1n) is 4.10. The molecule has 0 aliphatic rings. The van der Waals surface area contributed by atoms with Gasteiger partial charge in [-0.3, -0.25) is 4.79 Å². The van der Waals surface area contributed by atoms with Crippen LogP contribution >= 0.6 is 0 Å². The summed E-state index contributed by atoms with van der Waals surface area (Å²) in [5.41, 5.74) is 1.29. The summed E-state index contributed by atoms with van der Waals surface area (Å²) in [6, 6.07) is 1.72. The minimum Gasteiger partial charge on any atom is -0.479 e. The maximum atomic E-state index is 11.1. The number of carbonyl (C=O) groups is 1. The van der Waals surface area contributed by atoms with Gasteiger partial charge in [-0.15, -0.1) is 5.10 Å². The van der Waals surface area contributed by atoms with Crippen LogP contribution in [0.1, 0.15) is 29.9 Å². The molecule has 1 aromatic rings. The Morgan fingerprint density at radius 1 is 1.54 bits per heavy atom. The third kappa shape index (κ3) is 2.02. The Hall–Kier alpha value is -1.45. The van der Waals surface area contributed by atoms with Gasteiger partial charge < -0.3 is 4.74 Å². The van der Waals surface area contributed by atoms with Crippen molar-refractivity contribution in [3.8, 4) is 5.88 Å². The van der Waals surface area contributed by atoms with Crippen LogP contribution in [0.25, 0.3) is 0 Å². The maximum Gasteiger partial charge on any atom is 0.244 e. The van der Waals surface area contributed by atoms with Gasteiger partial charge in [-0.05, 0) is 19.4 Å². The van der Waals surface area contributed by atoms with Crippen LogP contribution in [0.15, 0.2) is 6.07 Å². The molecule has 1 rings (SSSR count). The Bertz CT molecular complexity index is 323. The summed E-state index contributed by atoms with van der Waals surface area (Å²) in [5.74, 6) is 0.242. The SMILES string of the molecule is CCc1cc(C(C)=O)c(OC)nn1. The molecule has 0 N–H and O–H groups in total. The Kier molecular flexibility index (Phi) is 2.95. The van der Waals surface area contributed by atoms with Crippen LogP contribution in [0.5, 0.6) is 5.88 Å². The first-order chi connectivity index (χ1) is 6.19. The van der Waals surface area contributed by atoms with E-state index in [9.17, 15) is 4.79 Å². The average Bonchev–Trinajstić information content (AvgIpc) is 2.16. The molecule has 0 atom stereocenters. The van der Waals surface area contributed by atoms with E-state index in [2.05, 4.69) is 10.2 Å². The molecular formula is C9H12N2O2. The second-order valence-corrected chi connectivity index (χ2v) is 2.67. The van der Waals surface area contributed by atoms with E-state index in [0.29, 0.717) is 11.4 Å². The van der Waals surface area contributed by atoms with Crippen LogP contribution < -0.4 is 4.74 Å². The number of Topliss-reactive ketones (excluding diaryl/α,β-unsaturated/α-hetero) is 1. The van der Waals surface area contributed by atoms with E-state index < -0.39 is 0 Å². The van der Waals surface area contributed by atoms with Gasteiger partial charge in [0.25, 0.3) is 0 Å². The topological polar surface area (TPSA) is 52.1 Å². The van der Waals surface area contributed by atoms with Gasteiger partial charge in [0, 0.05) is 0 Å². The molecule has 0 aliphatic carbocycles. The highest BCUT2D eigenvalue weighted by Gasteiger charge is 2.10. The molecule has 1 heterocycles. The average molecular weight is 180 g/mol. The zero-order valence-electron chi connectivity index (χ0n) is 8.00. The van der Waals surface area contributed by atoms with Crippen LogP contribution in [-0.4, -0.2) is 23.1 Å². The fourth-order valence-electron chi connectivity index (χ4n) is 0.996. The lowest BCUT2D eigenvalue weighted by Crippen LogP contribution is -2.03. The van der Waals surface area contributed by atoms with Crippen molar-refractivity contribution in [3.63, 3.8) is 0 Å². The van der Waals surface area contributed by atoms with Gasteiger partial charge in [-0.1, -0.05) is 6.92 Å². The molecule has 0 fully saturated rings. The van der Waals surface area contributed by atoms with Crippen molar-refractivity contribution in [1.29, 1.82) is 0 Å². The van der Waals surface area contributed by atoms with Crippen molar-refractivity contribution in [2.45, 2.75) is 20.3 Å². The predicted molar refractivity (Wildman–Crippen MR) is 48.0 cm³/mol. The zero-order chi connectivity index (χ0) is 9.84. The normalized spacial score (nSPS) is 9.77. The van der Waals surface area contributed by atoms with Crippen LogP contribution in [0.4, 0.5) is 0 Å². The molecule has 4 heteroatoms. The number of carbonyl (C=O) groups excluding carboxylic acids is 1. The smallest absolute Gasteiger partial charge is 0.244 e. The molecule has 0 spiro atoms. The third-order valence-corrected chi connectivity index (χ3v) is 1.75. The number of ketones is 1. The van der Waals surface area contributed by atoms with Crippen molar-refractivity contribution < 1.29 is 9.53 Å². The summed E-state index contributed by atoms with van der Waals surface area (Å²) in [6.07, 6.45) is 0.761. The summed E-state index contributed by atoms with van der Waals surface area (Å²) in [4.78, 5) is 11.1. The second kappa shape index (κ2) is 3.98. The largest absolute Gasteiger partial charge is 0.479 e. The standard InChI is InChI=1S/C9H12N2O2/c1-4-7-5-8(6(2)12)9(13-3)11-10-7/h5H,4H2,1-3H3. The molecule has 0 bridgehead atoms. The van der Waals surface area contributed by atoms with Gasteiger partial charge in [0.2, 0.25) is 5.88 Å². The monoisotopic (exact) mass is 180 g/mol. The van der Waals surface area contributed by atoms with Gasteiger partial charge >= 0.3 is 0 Å². The van der Waals surface area contributed by atoms with Crippen LogP contribution in [0.2, 0.25) is 0 Å². The second-order valence-electron chi connectivity index (χ2n) is 2.67. The van der Waals surface area contributed by atoms with E-state index in [0.717, 1.165) is 12.1 Å². The number of ether oxygens (including phenoxy) is 1. The summed E-state index contributed by atoms with van der Waals surface area (Å²) >= 11 is 0. The van der Waals surface area contributed by atoms with Gasteiger partial charge in [0.1, 0.15) is 0 Å². The van der Waals surface area contributed by atoms with Gasteiger partial charge in [0.15, 0.2) is 5.78 Å². The summed E-state index contributed by atoms with van der Waals surface area (Å²) in [5, 5.41) is 7.68. The van der Waals surface area contributed by atoms with E-state index in [4.69, 9.17) is 4.74 Å². The van der Waals surface area contributed by atoms with Gasteiger partial charge in [-0.2, -0.15) is 5.10 Å². The van der Waals surface area contributed by atoms with Gasteiger partial charge in [-0.25, -0.2) is 0 Å². The van der Waals surface area contributed by atoms with Crippen molar-refractivity contribution >= 4 is 5.78 Å². The van der Waals surface area contributed by atoms with Gasteiger partial charge in [0.05, 0.1) is 18.4 Å². The Morgan fingerprint density at radius 3 is 2.69 bits per heavy atom. The quantitative estimate of drug-likeness (QED) is 0.657. The zero-order valence-corrected chi connectivity index (χ0v) is 8.00. The number of rotatable bonds is 3. The number of aromatic nitrogens is 2. The minimum absolute atomic E-state index is 0.0542. The molecule has 0 unspecified atom stereocenters. The number of hydrogen-bond donors (Lipinski definition) is 0. The first-order valence-corrected chi connectivity index (χ1v) is 4.10. The van der Waals surface area contributed by atoms with Crippen molar-refractivity contribution in [3.05, 3.63) is 17.3 Å². The number of aryl methyl sites for hydroxylation is 1. The Balaban J connectivity index is 3.18. The summed E-state index contributed by atoms with van der Waals surface area (Å²) < 4.78 is 4.91. The molecular weight excluding hydrogens is 168 g/mol. The van der Waals surface area contributed by atoms with Crippen LogP contribution in [-0.2, 0) is 6.42 Å². The third-order valence-electron chi connectivity index (χ3n) is 1.75. The van der Waals surface area contributed by atoms with E-state index in [1.807, 2.05) is 6.92 Å². The van der Waals surface area contributed by atoms with E-state index in [-0.39, 0.29) is 5.78 Å². The molecule has 13 heavy (non-hydrogen) atoms. The first kappa shape index (κ1) is 9.64. The van der Waals surface area contributed by atoms with E-state index in [1.165, 1.54) is 14.0 Å². The lowest BCUT2D eigenvalue weighted by atomic mass is 10.1. The number of methoxy groups -OCH3 is 1. The summed E-state index contributed by atoms with van der Waals surface area (Å²) in [6.45, 7) is 3.44. The van der Waals surface area contributed by atoms with Crippen molar-refractivity contribution in [1.82, 2.24) is 10.2 Å². The van der Waals surface area contributed by atoms with Crippen LogP contribution in [0, 0.1) is 0 Å². The highest BCUT2D eigenvalue weighted by Crippen LogP contribution is 2.14. The molecule has 1 aromatic heterocycles. The maximum absolute atomic E-state index is 11.1. The highest BCUT2D eigenvalue weighted by atomic mass is 16.5. The van der Waals surface area contributed by atoms with E-state index >= 15 is 0 Å². The predicted octanol–water partition coefficient (Wildman–Crippen LogP) is 1.25. The minimum atomic E-state index is -0.0542. The fraction of sp³-hybridized carbons (Fsp3) is 0.444. The molecule has 0 amide bonds.